The predicted octanol–water partition coefficient (Wildman–Crippen LogP) is 2.77. The summed E-state index contributed by atoms with van der Waals surface area (Å²) in [5.74, 6) is 2.50. The van der Waals surface area contributed by atoms with Crippen molar-refractivity contribution >= 4 is 11.8 Å². The van der Waals surface area contributed by atoms with Gasteiger partial charge in [-0.05, 0) is 18.7 Å². The van der Waals surface area contributed by atoms with Crippen molar-refractivity contribution in [1.82, 2.24) is 5.32 Å². The summed E-state index contributed by atoms with van der Waals surface area (Å²) in [5.41, 5.74) is 0. The molecule has 0 radical (unpaired) electrons. The zero-order chi connectivity index (χ0) is 8.95. The summed E-state index contributed by atoms with van der Waals surface area (Å²) in [6.07, 6.45) is 1.25. The average molecular weight is 177 g/mol. The fourth-order valence-electron chi connectivity index (χ4n) is 0.590. The molecule has 0 aliphatic heterocycles. The van der Waals surface area contributed by atoms with Crippen LogP contribution < -0.4 is 5.32 Å². The van der Waals surface area contributed by atoms with Crippen molar-refractivity contribution < 1.29 is 0 Å². The van der Waals surface area contributed by atoms with E-state index >= 15 is 0 Å². The summed E-state index contributed by atoms with van der Waals surface area (Å²) in [6.45, 7) is 10.7. The molecule has 0 aromatic heterocycles. The molecule has 0 rings (SSSR count). The van der Waals surface area contributed by atoms with Crippen LogP contribution in [0.5, 0.6) is 0 Å². The molecule has 0 fully saturated rings. The van der Waals surface area contributed by atoms with Gasteiger partial charge in [0.15, 0.2) is 0 Å². The molecule has 0 aromatic carbocycles. The van der Waals surface area contributed by atoms with E-state index in [1.807, 2.05) is 25.6 Å². The van der Waals surface area contributed by atoms with Crippen LogP contribution in [0.4, 0.5) is 0 Å². The average Bonchev–Trinajstić information content (AvgIpc) is 2.08. The summed E-state index contributed by atoms with van der Waals surface area (Å²) >= 11 is 2.00. The second kappa shape index (κ2) is 16.7. The first-order valence-corrected chi connectivity index (χ1v) is 5.85. The zero-order valence-electron chi connectivity index (χ0n) is 8.44. The Hall–Kier alpha value is 0.310. The van der Waals surface area contributed by atoms with Gasteiger partial charge in [0.2, 0.25) is 0 Å². The first-order valence-electron chi connectivity index (χ1n) is 4.70. The van der Waals surface area contributed by atoms with Crippen LogP contribution in [-0.4, -0.2) is 24.6 Å². The van der Waals surface area contributed by atoms with Gasteiger partial charge in [-0.1, -0.05) is 27.7 Å². The minimum Gasteiger partial charge on any atom is -0.316 e. The third kappa shape index (κ3) is 17.9. The molecule has 0 atom stereocenters. The van der Waals surface area contributed by atoms with Crippen LogP contribution in [0.1, 0.15) is 34.1 Å². The van der Waals surface area contributed by atoms with E-state index in [1.165, 1.54) is 31.0 Å². The van der Waals surface area contributed by atoms with Crippen molar-refractivity contribution in [2.24, 2.45) is 0 Å². The molecule has 2 heteroatoms. The Labute approximate surface area is 76.3 Å². The Balaban J connectivity index is 0. The van der Waals surface area contributed by atoms with Crippen LogP contribution in [0.15, 0.2) is 0 Å². The van der Waals surface area contributed by atoms with Crippen LogP contribution in [0.3, 0.4) is 0 Å². The maximum absolute atomic E-state index is 3.35. The van der Waals surface area contributed by atoms with Crippen LogP contribution in [0.25, 0.3) is 0 Å². The molecule has 1 nitrogen and oxygen atoms in total. The molecule has 0 unspecified atom stereocenters. The lowest BCUT2D eigenvalue weighted by Crippen LogP contribution is -2.17. The van der Waals surface area contributed by atoms with Crippen molar-refractivity contribution in [3.8, 4) is 0 Å². The number of hydrogen-bond acceptors (Lipinski definition) is 2. The van der Waals surface area contributed by atoms with Crippen molar-refractivity contribution in [3.63, 3.8) is 0 Å². The Bertz CT molecular complexity index is 42.8. The molecule has 0 heterocycles. The first kappa shape index (κ1) is 13.9. The van der Waals surface area contributed by atoms with Gasteiger partial charge in [-0.15, -0.1) is 0 Å². The Kier molecular flexibility index (Phi) is 21.1. The van der Waals surface area contributed by atoms with Gasteiger partial charge in [-0.25, -0.2) is 0 Å². The van der Waals surface area contributed by atoms with Crippen molar-refractivity contribution in [1.29, 1.82) is 0 Å². The SMILES string of the molecule is CC.CCCNCCSCC. The van der Waals surface area contributed by atoms with E-state index in [9.17, 15) is 0 Å². The fourth-order valence-corrected chi connectivity index (χ4v) is 1.17. The third-order valence-electron chi connectivity index (χ3n) is 1.05. The highest BCUT2D eigenvalue weighted by Gasteiger charge is 1.83. The van der Waals surface area contributed by atoms with Gasteiger partial charge in [0.1, 0.15) is 0 Å². The summed E-state index contributed by atoms with van der Waals surface area (Å²) in [5, 5.41) is 3.35. The minimum absolute atomic E-state index is 1.17. The Morgan fingerprint density at radius 2 is 1.73 bits per heavy atom. The van der Waals surface area contributed by atoms with Gasteiger partial charge in [0.25, 0.3) is 0 Å². The van der Waals surface area contributed by atoms with Crippen molar-refractivity contribution in [3.05, 3.63) is 0 Å². The number of thioether (sulfide) groups is 1. The van der Waals surface area contributed by atoms with E-state index in [2.05, 4.69) is 19.2 Å². The molecule has 0 aliphatic rings. The summed E-state index contributed by atoms with van der Waals surface area (Å²) in [4.78, 5) is 0. The van der Waals surface area contributed by atoms with Crippen LogP contribution >= 0.6 is 11.8 Å². The molecular formula is C9H23NS. The van der Waals surface area contributed by atoms with Gasteiger partial charge < -0.3 is 5.32 Å². The molecule has 70 valence electrons. The van der Waals surface area contributed by atoms with E-state index in [4.69, 9.17) is 0 Å². The van der Waals surface area contributed by atoms with E-state index in [1.54, 1.807) is 0 Å². The smallest absolute Gasteiger partial charge is 0.00579 e. The highest BCUT2D eigenvalue weighted by Crippen LogP contribution is 1.94. The third-order valence-corrected chi connectivity index (χ3v) is 1.96. The van der Waals surface area contributed by atoms with E-state index in [0.29, 0.717) is 0 Å². The van der Waals surface area contributed by atoms with Crippen molar-refractivity contribution in [2.75, 3.05) is 24.6 Å². The van der Waals surface area contributed by atoms with Gasteiger partial charge in [0, 0.05) is 12.3 Å². The highest BCUT2D eigenvalue weighted by atomic mass is 32.2. The lowest BCUT2D eigenvalue weighted by atomic mass is 10.5. The fraction of sp³-hybridized carbons (Fsp3) is 1.00. The molecule has 0 saturated heterocycles. The van der Waals surface area contributed by atoms with Crippen LogP contribution in [0, 0.1) is 0 Å². The number of rotatable bonds is 6. The van der Waals surface area contributed by atoms with Crippen LogP contribution in [0.2, 0.25) is 0 Å². The number of nitrogens with one attached hydrogen (secondary N) is 1. The topological polar surface area (TPSA) is 12.0 Å². The molecule has 11 heavy (non-hydrogen) atoms. The molecular weight excluding hydrogens is 154 g/mol. The van der Waals surface area contributed by atoms with Gasteiger partial charge >= 0.3 is 0 Å². The first-order chi connectivity index (χ1) is 5.41. The largest absolute Gasteiger partial charge is 0.316 e. The maximum Gasteiger partial charge on any atom is 0.00579 e. The summed E-state index contributed by atoms with van der Waals surface area (Å²) < 4.78 is 0. The molecule has 0 aliphatic carbocycles. The molecule has 1 N–H and O–H groups in total. The Morgan fingerprint density at radius 1 is 1.09 bits per heavy atom. The summed E-state index contributed by atoms with van der Waals surface area (Å²) in [6, 6.07) is 0. The highest BCUT2D eigenvalue weighted by molar-refractivity contribution is 7.99. The molecule has 0 spiro atoms. The summed E-state index contributed by atoms with van der Waals surface area (Å²) in [7, 11) is 0. The predicted molar refractivity (Wildman–Crippen MR) is 57.5 cm³/mol. The lowest BCUT2D eigenvalue weighted by Gasteiger charge is -1.99. The molecule has 0 saturated carbocycles. The molecule has 0 aromatic rings. The second-order valence-electron chi connectivity index (χ2n) is 1.95. The van der Waals surface area contributed by atoms with Crippen LogP contribution in [-0.2, 0) is 0 Å². The van der Waals surface area contributed by atoms with Gasteiger partial charge in [-0.3, -0.25) is 0 Å². The Morgan fingerprint density at radius 3 is 2.18 bits per heavy atom. The van der Waals surface area contributed by atoms with Gasteiger partial charge in [-0.2, -0.15) is 11.8 Å². The molecule has 0 amide bonds. The lowest BCUT2D eigenvalue weighted by molar-refractivity contribution is 0.707. The quantitative estimate of drug-likeness (QED) is 0.626. The van der Waals surface area contributed by atoms with E-state index in [0.717, 1.165) is 0 Å². The zero-order valence-corrected chi connectivity index (χ0v) is 9.26. The molecule has 0 bridgehead atoms. The maximum atomic E-state index is 3.35. The van der Waals surface area contributed by atoms with E-state index < -0.39 is 0 Å². The number of hydrogen-bond donors (Lipinski definition) is 1. The minimum atomic E-state index is 1.17. The normalized spacial score (nSPS) is 8.73. The van der Waals surface area contributed by atoms with Crippen molar-refractivity contribution in [2.45, 2.75) is 34.1 Å². The van der Waals surface area contributed by atoms with Gasteiger partial charge in [0.05, 0.1) is 0 Å². The standard InChI is InChI=1S/C7H17NS.C2H6/c1-3-5-8-6-7-9-4-2;1-2/h8H,3-7H2,1-2H3;1-2H3. The monoisotopic (exact) mass is 177 g/mol. The van der Waals surface area contributed by atoms with E-state index in [-0.39, 0.29) is 0 Å². The second-order valence-corrected chi connectivity index (χ2v) is 3.34.